The number of fused-ring (bicyclic) bond motifs is 3. The van der Waals surface area contributed by atoms with E-state index in [9.17, 15) is 0 Å². The number of hydrogen-bond donors (Lipinski definition) is 0. The van der Waals surface area contributed by atoms with Crippen LogP contribution in [0.5, 0.6) is 0 Å². The number of hydrogen-bond acceptors (Lipinski definition) is 1. The molecule has 0 radical (unpaired) electrons. The molecule has 0 amide bonds. The third-order valence-corrected chi connectivity index (χ3v) is 14.1. The molecule has 0 aromatic carbocycles. The quantitative estimate of drug-likeness (QED) is 0.438. The largest absolute Gasteiger partial charge is 0.314 e. The van der Waals surface area contributed by atoms with Gasteiger partial charge in [0.2, 0.25) is 0 Å². The second-order valence-corrected chi connectivity index (χ2v) is 17.5. The summed E-state index contributed by atoms with van der Waals surface area (Å²) in [5, 5.41) is 0. The Hall–Kier alpha value is 0.177. The molecule has 3 aliphatic rings. The standard InChI is InChI=1S/C25H49NSi/c1-17-18(2)23(27(9,10)26(24(3,4)5)25(6,7)8)21-16-15-19-13-11-12-14-20(19)22(17)21/h17-23H,11-16H2,1-10H3. The molecule has 0 heterocycles. The van der Waals surface area contributed by atoms with Crippen molar-refractivity contribution < 1.29 is 0 Å². The predicted octanol–water partition coefficient (Wildman–Crippen LogP) is 7.58. The van der Waals surface area contributed by atoms with Crippen molar-refractivity contribution in [2.45, 2.75) is 124 Å². The molecular formula is C25H49NSi. The minimum absolute atomic E-state index is 0.247. The molecular weight excluding hydrogens is 342 g/mol. The first kappa shape index (κ1) is 21.9. The van der Waals surface area contributed by atoms with Gasteiger partial charge in [-0.25, -0.2) is 0 Å². The Kier molecular flexibility index (Phi) is 5.79. The molecule has 27 heavy (non-hydrogen) atoms. The molecule has 0 bridgehead atoms. The zero-order valence-electron chi connectivity index (χ0n) is 20.2. The van der Waals surface area contributed by atoms with Crippen molar-refractivity contribution in [3.05, 3.63) is 0 Å². The second-order valence-electron chi connectivity index (χ2n) is 13.1. The molecule has 0 aromatic heterocycles. The first-order valence-electron chi connectivity index (χ1n) is 12.1. The van der Waals surface area contributed by atoms with Crippen molar-refractivity contribution in [1.29, 1.82) is 0 Å². The molecule has 0 saturated heterocycles. The molecule has 158 valence electrons. The van der Waals surface area contributed by atoms with E-state index in [0.29, 0.717) is 0 Å². The van der Waals surface area contributed by atoms with Gasteiger partial charge < -0.3 is 4.57 Å². The van der Waals surface area contributed by atoms with Gasteiger partial charge in [0, 0.05) is 11.1 Å². The Morgan fingerprint density at radius 1 is 0.704 bits per heavy atom. The van der Waals surface area contributed by atoms with Gasteiger partial charge in [-0.05, 0) is 102 Å². The smallest absolute Gasteiger partial charge is 0.126 e. The second kappa shape index (κ2) is 7.15. The summed E-state index contributed by atoms with van der Waals surface area (Å²) in [6.07, 6.45) is 9.17. The lowest BCUT2D eigenvalue weighted by molar-refractivity contribution is 0.0484. The molecule has 0 spiro atoms. The molecule has 7 atom stereocenters. The van der Waals surface area contributed by atoms with Crippen LogP contribution in [0.3, 0.4) is 0 Å². The van der Waals surface area contributed by atoms with Crippen LogP contribution in [0.2, 0.25) is 18.6 Å². The van der Waals surface area contributed by atoms with E-state index < -0.39 is 8.24 Å². The first-order chi connectivity index (χ1) is 12.3. The van der Waals surface area contributed by atoms with Gasteiger partial charge in [-0.15, -0.1) is 0 Å². The summed E-state index contributed by atoms with van der Waals surface area (Å²) in [4.78, 5) is 0. The van der Waals surface area contributed by atoms with Crippen LogP contribution >= 0.6 is 0 Å². The van der Waals surface area contributed by atoms with Crippen LogP contribution in [0, 0.1) is 35.5 Å². The van der Waals surface area contributed by atoms with Gasteiger partial charge in [-0.2, -0.15) is 0 Å². The summed E-state index contributed by atoms with van der Waals surface area (Å²) in [5.74, 6) is 5.98. The van der Waals surface area contributed by atoms with Crippen molar-refractivity contribution in [3.63, 3.8) is 0 Å². The van der Waals surface area contributed by atoms with E-state index in [1.807, 2.05) is 0 Å². The molecule has 3 saturated carbocycles. The lowest BCUT2D eigenvalue weighted by Gasteiger charge is -2.58. The van der Waals surface area contributed by atoms with Gasteiger partial charge in [-0.3, -0.25) is 0 Å². The fourth-order valence-corrected chi connectivity index (χ4v) is 16.1. The van der Waals surface area contributed by atoms with Crippen molar-refractivity contribution in [1.82, 2.24) is 4.57 Å². The fraction of sp³-hybridized carbons (Fsp3) is 1.00. The summed E-state index contributed by atoms with van der Waals surface area (Å²) in [7, 11) is -1.61. The first-order valence-corrected chi connectivity index (χ1v) is 15.1. The summed E-state index contributed by atoms with van der Waals surface area (Å²) < 4.78 is 3.01. The maximum Gasteiger partial charge on any atom is 0.126 e. The summed E-state index contributed by atoms with van der Waals surface area (Å²) in [6.45, 7) is 25.5. The highest BCUT2D eigenvalue weighted by atomic mass is 28.3. The predicted molar refractivity (Wildman–Crippen MR) is 123 cm³/mol. The zero-order chi connectivity index (χ0) is 20.4. The van der Waals surface area contributed by atoms with Crippen LogP contribution < -0.4 is 0 Å². The van der Waals surface area contributed by atoms with Crippen molar-refractivity contribution in [3.8, 4) is 0 Å². The number of rotatable bonds is 2. The van der Waals surface area contributed by atoms with E-state index in [4.69, 9.17) is 0 Å². The van der Waals surface area contributed by atoms with Crippen molar-refractivity contribution in [2.24, 2.45) is 35.5 Å². The average molecular weight is 392 g/mol. The summed E-state index contributed by atoms with van der Waals surface area (Å²) in [5.41, 5.74) is 1.45. The topological polar surface area (TPSA) is 3.24 Å². The molecule has 0 aromatic rings. The van der Waals surface area contributed by atoms with Gasteiger partial charge in [-0.1, -0.05) is 46.2 Å². The Labute approximate surface area is 172 Å². The molecule has 3 rings (SSSR count). The van der Waals surface area contributed by atoms with Gasteiger partial charge in [0.25, 0.3) is 0 Å². The van der Waals surface area contributed by atoms with Gasteiger partial charge in [0.15, 0.2) is 0 Å². The average Bonchev–Trinajstić information content (AvgIpc) is 2.76. The highest BCUT2D eigenvalue weighted by Gasteiger charge is 2.60. The maximum absolute atomic E-state index is 3.01. The minimum Gasteiger partial charge on any atom is -0.314 e. The Balaban J connectivity index is 1.97. The lowest BCUT2D eigenvalue weighted by atomic mass is 9.61. The molecule has 3 fully saturated rings. The SMILES string of the molecule is CC1C(C)C([Si](C)(C)N(C(C)(C)C)C(C)(C)C)C2CCC3CCCCC3C12. The van der Waals surface area contributed by atoms with Gasteiger partial charge in [0.1, 0.15) is 8.24 Å². The van der Waals surface area contributed by atoms with Crippen LogP contribution in [-0.2, 0) is 0 Å². The minimum atomic E-state index is -1.61. The van der Waals surface area contributed by atoms with E-state index in [1.165, 1.54) is 32.1 Å². The fourth-order valence-electron chi connectivity index (χ4n) is 9.34. The zero-order valence-corrected chi connectivity index (χ0v) is 21.2. The highest BCUT2D eigenvalue weighted by Crippen LogP contribution is 2.64. The maximum atomic E-state index is 3.01. The van der Waals surface area contributed by atoms with Crippen LogP contribution in [0.15, 0.2) is 0 Å². The van der Waals surface area contributed by atoms with E-state index in [0.717, 1.165) is 41.0 Å². The Morgan fingerprint density at radius 2 is 1.26 bits per heavy atom. The summed E-state index contributed by atoms with van der Waals surface area (Å²) >= 11 is 0. The third-order valence-electron chi connectivity index (χ3n) is 9.03. The van der Waals surface area contributed by atoms with Crippen LogP contribution in [0.4, 0.5) is 0 Å². The molecule has 0 N–H and O–H groups in total. The molecule has 2 heteroatoms. The van der Waals surface area contributed by atoms with E-state index in [-0.39, 0.29) is 11.1 Å². The monoisotopic (exact) mass is 391 g/mol. The van der Waals surface area contributed by atoms with Gasteiger partial charge >= 0.3 is 0 Å². The Bertz CT molecular complexity index is 511. The number of nitrogens with zero attached hydrogens (tertiary/aromatic N) is 1. The normalized spacial score (nSPS) is 40.8. The molecule has 1 nitrogen and oxygen atoms in total. The van der Waals surface area contributed by atoms with Crippen LogP contribution in [0.25, 0.3) is 0 Å². The van der Waals surface area contributed by atoms with Crippen LogP contribution in [-0.4, -0.2) is 23.9 Å². The van der Waals surface area contributed by atoms with E-state index >= 15 is 0 Å². The third kappa shape index (κ3) is 3.72. The molecule has 7 unspecified atom stereocenters. The van der Waals surface area contributed by atoms with Crippen molar-refractivity contribution in [2.75, 3.05) is 0 Å². The lowest BCUT2D eigenvalue weighted by Crippen LogP contribution is -2.67. The Morgan fingerprint density at radius 3 is 1.81 bits per heavy atom. The summed E-state index contributed by atoms with van der Waals surface area (Å²) in [6, 6.07) is 0. The van der Waals surface area contributed by atoms with E-state index in [1.54, 1.807) is 6.42 Å². The van der Waals surface area contributed by atoms with Gasteiger partial charge in [0.05, 0.1) is 0 Å². The highest BCUT2D eigenvalue weighted by molar-refractivity contribution is 6.76. The van der Waals surface area contributed by atoms with E-state index in [2.05, 4.69) is 73.0 Å². The molecule has 0 aliphatic heterocycles. The van der Waals surface area contributed by atoms with Crippen LogP contribution in [0.1, 0.15) is 93.9 Å². The molecule has 3 aliphatic carbocycles. The van der Waals surface area contributed by atoms with Crippen molar-refractivity contribution >= 4 is 8.24 Å².